The van der Waals surface area contributed by atoms with E-state index in [2.05, 4.69) is 17.9 Å². The number of hydrogen-bond acceptors (Lipinski definition) is 2. The second-order valence-corrected chi connectivity index (χ2v) is 5.65. The number of rotatable bonds is 5. The molecule has 0 spiro atoms. The van der Waals surface area contributed by atoms with Crippen LogP contribution in [-0.2, 0) is 6.42 Å². The molecule has 0 aliphatic carbocycles. The van der Waals surface area contributed by atoms with Crippen molar-refractivity contribution in [1.29, 1.82) is 0 Å². The van der Waals surface area contributed by atoms with Crippen LogP contribution in [-0.4, -0.2) is 31.1 Å². The van der Waals surface area contributed by atoms with Crippen LogP contribution in [0.25, 0.3) is 0 Å². The maximum atomic E-state index is 6.03. The summed E-state index contributed by atoms with van der Waals surface area (Å²) in [5.41, 5.74) is 1.24. The smallest absolute Gasteiger partial charge is 0.124 e. The number of halogens is 2. The Morgan fingerprint density at radius 2 is 1.85 bits per heavy atom. The van der Waals surface area contributed by atoms with Crippen molar-refractivity contribution in [3.63, 3.8) is 0 Å². The molecule has 114 valence electrons. The summed E-state index contributed by atoms with van der Waals surface area (Å²) in [4.78, 5) is 2.52. The minimum absolute atomic E-state index is 0. The van der Waals surface area contributed by atoms with Crippen molar-refractivity contribution < 1.29 is 4.74 Å². The average Bonchev–Trinajstić information content (AvgIpc) is 2.68. The Labute approximate surface area is 133 Å². The monoisotopic (exact) mass is 317 g/mol. The van der Waals surface area contributed by atoms with Gasteiger partial charge in [0.05, 0.1) is 0 Å². The zero-order chi connectivity index (χ0) is 13.5. The molecule has 1 aliphatic heterocycles. The molecule has 0 N–H and O–H groups in total. The number of ether oxygens (including phenoxy) is 1. The van der Waals surface area contributed by atoms with E-state index in [0.29, 0.717) is 0 Å². The Hall–Kier alpha value is -0.440. The summed E-state index contributed by atoms with van der Waals surface area (Å²) < 4.78 is 5.93. The van der Waals surface area contributed by atoms with Crippen molar-refractivity contribution in [1.82, 2.24) is 4.90 Å². The highest BCUT2D eigenvalue weighted by Gasteiger charge is 2.09. The summed E-state index contributed by atoms with van der Waals surface area (Å²) in [6, 6.07) is 5.93. The highest BCUT2D eigenvalue weighted by Crippen LogP contribution is 2.23. The largest absolute Gasteiger partial charge is 0.492 e. The third kappa shape index (κ3) is 5.51. The molecule has 1 aromatic carbocycles. The standard InChI is InChI=1S/C16H24ClNO.ClH/c1-2-14-7-8-15(17)13-16(14)19-12-11-18-9-5-3-4-6-10-18;/h7-8,13H,2-6,9-12H2,1H3;1H. The fraction of sp³-hybridized carbons (Fsp3) is 0.625. The van der Waals surface area contributed by atoms with Crippen LogP contribution in [0.5, 0.6) is 5.75 Å². The van der Waals surface area contributed by atoms with Gasteiger partial charge in [-0.2, -0.15) is 0 Å². The summed E-state index contributed by atoms with van der Waals surface area (Å²) in [6.45, 7) is 6.37. The SMILES string of the molecule is CCc1ccc(Cl)cc1OCCN1CCCCCC1.Cl. The van der Waals surface area contributed by atoms with Gasteiger partial charge >= 0.3 is 0 Å². The molecule has 0 aromatic heterocycles. The lowest BCUT2D eigenvalue weighted by Gasteiger charge is -2.20. The predicted molar refractivity (Wildman–Crippen MR) is 88.5 cm³/mol. The fourth-order valence-electron chi connectivity index (χ4n) is 2.60. The van der Waals surface area contributed by atoms with E-state index < -0.39 is 0 Å². The van der Waals surface area contributed by atoms with E-state index in [-0.39, 0.29) is 12.4 Å². The molecular formula is C16H25Cl2NO. The molecule has 1 aromatic rings. The van der Waals surface area contributed by atoms with Crippen molar-refractivity contribution in [2.75, 3.05) is 26.2 Å². The van der Waals surface area contributed by atoms with Gasteiger partial charge in [-0.3, -0.25) is 4.90 Å². The Balaban J connectivity index is 0.00000200. The van der Waals surface area contributed by atoms with Gasteiger partial charge in [-0.05, 0) is 50.0 Å². The molecule has 2 rings (SSSR count). The van der Waals surface area contributed by atoms with Crippen molar-refractivity contribution in [3.05, 3.63) is 28.8 Å². The number of likely N-dealkylation sites (tertiary alicyclic amines) is 1. The molecule has 0 saturated carbocycles. The van der Waals surface area contributed by atoms with E-state index >= 15 is 0 Å². The van der Waals surface area contributed by atoms with Crippen LogP contribution in [0.15, 0.2) is 18.2 Å². The lowest BCUT2D eigenvalue weighted by atomic mass is 10.1. The van der Waals surface area contributed by atoms with Crippen LogP contribution >= 0.6 is 24.0 Å². The first kappa shape index (κ1) is 17.6. The molecule has 0 radical (unpaired) electrons. The molecule has 1 saturated heterocycles. The summed E-state index contributed by atoms with van der Waals surface area (Å²) >= 11 is 6.03. The van der Waals surface area contributed by atoms with Crippen LogP contribution in [0.2, 0.25) is 5.02 Å². The lowest BCUT2D eigenvalue weighted by molar-refractivity contribution is 0.213. The van der Waals surface area contributed by atoms with Gasteiger partial charge in [0.15, 0.2) is 0 Å². The zero-order valence-electron chi connectivity index (χ0n) is 12.2. The van der Waals surface area contributed by atoms with Gasteiger partial charge in [-0.1, -0.05) is 37.4 Å². The highest BCUT2D eigenvalue weighted by atomic mass is 35.5. The van der Waals surface area contributed by atoms with E-state index in [1.54, 1.807) is 0 Å². The van der Waals surface area contributed by atoms with Crippen LogP contribution in [0.3, 0.4) is 0 Å². The molecule has 1 heterocycles. The Morgan fingerprint density at radius 3 is 2.50 bits per heavy atom. The zero-order valence-corrected chi connectivity index (χ0v) is 13.8. The quantitative estimate of drug-likeness (QED) is 0.788. The first-order chi connectivity index (χ1) is 9.29. The number of benzene rings is 1. The highest BCUT2D eigenvalue weighted by molar-refractivity contribution is 6.30. The van der Waals surface area contributed by atoms with Crippen LogP contribution in [0, 0.1) is 0 Å². The second kappa shape index (κ2) is 9.49. The third-order valence-electron chi connectivity index (χ3n) is 3.77. The molecule has 2 nitrogen and oxygen atoms in total. The minimum atomic E-state index is 0. The van der Waals surface area contributed by atoms with Gasteiger partial charge in [0.25, 0.3) is 0 Å². The van der Waals surface area contributed by atoms with Crippen molar-refractivity contribution in [3.8, 4) is 5.75 Å². The first-order valence-corrected chi connectivity index (χ1v) is 7.81. The van der Waals surface area contributed by atoms with E-state index in [1.165, 1.54) is 44.3 Å². The van der Waals surface area contributed by atoms with Crippen molar-refractivity contribution in [2.24, 2.45) is 0 Å². The fourth-order valence-corrected chi connectivity index (χ4v) is 2.76. The normalized spacial score (nSPS) is 16.3. The summed E-state index contributed by atoms with van der Waals surface area (Å²) in [7, 11) is 0. The first-order valence-electron chi connectivity index (χ1n) is 7.43. The van der Waals surface area contributed by atoms with E-state index in [0.717, 1.165) is 30.3 Å². The van der Waals surface area contributed by atoms with Gasteiger partial charge in [-0.15, -0.1) is 12.4 Å². The Bertz CT molecular complexity index is 390. The Morgan fingerprint density at radius 1 is 1.15 bits per heavy atom. The number of nitrogens with zero attached hydrogens (tertiary/aromatic N) is 1. The molecule has 1 fully saturated rings. The van der Waals surface area contributed by atoms with Gasteiger partial charge in [0.1, 0.15) is 12.4 Å². The molecular weight excluding hydrogens is 293 g/mol. The molecule has 1 aliphatic rings. The van der Waals surface area contributed by atoms with Gasteiger partial charge in [0, 0.05) is 11.6 Å². The molecule has 0 atom stereocenters. The molecule has 0 bridgehead atoms. The maximum Gasteiger partial charge on any atom is 0.124 e. The summed E-state index contributed by atoms with van der Waals surface area (Å²) in [5.74, 6) is 0.949. The maximum absolute atomic E-state index is 6.03. The van der Waals surface area contributed by atoms with Gasteiger partial charge in [-0.25, -0.2) is 0 Å². The van der Waals surface area contributed by atoms with E-state index in [4.69, 9.17) is 16.3 Å². The summed E-state index contributed by atoms with van der Waals surface area (Å²) in [6.07, 6.45) is 6.40. The number of aryl methyl sites for hydroxylation is 1. The molecule has 4 heteroatoms. The van der Waals surface area contributed by atoms with E-state index in [9.17, 15) is 0 Å². The Kier molecular flexibility index (Phi) is 8.35. The summed E-state index contributed by atoms with van der Waals surface area (Å²) in [5, 5.41) is 0.752. The lowest BCUT2D eigenvalue weighted by Crippen LogP contribution is -2.29. The molecule has 0 amide bonds. The second-order valence-electron chi connectivity index (χ2n) is 5.21. The van der Waals surface area contributed by atoms with Crippen LogP contribution in [0.4, 0.5) is 0 Å². The van der Waals surface area contributed by atoms with Gasteiger partial charge < -0.3 is 4.74 Å². The number of hydrogen-bond donors (Lipinski definition) is 0. The van der Waals surface area contributed by atoms with Gasteiger partial charge in [0.2, 0.25) is 0 Å². The van der Waals surface area contributed by atoms with Crippen molar-refractivity contribution in [2.45, 2.75) is 39.0 Å². The molecule has 0 unspecified atom stereocenters. The van der Waals surface area contributed by atoms with Crippen LogP contribution < -0.4 is 4.74 Å². The predicted octanol–water partition coefficient (Wildman–Crippen LogP) is 4.58. The van der Waals surface area contributed by atoms with E-state index in [1.807, 2.05) is 12.1 Å². The molecule has 20 heavy (non-hydrogen) atoms. The van der Waals surface area contributed by atoms with Crippen molar-refractivity contribution >= 4 is 24.0 Å². The third-order valence-corrected chi connectivity index (χ3v) is 4.01. The average molecular weight is 318 g/mol. The minimum Gasteiger partial charge on any atom is -0.492 e. The van der Waals surface area contributed by atoms with Crippen LogP contribution in [0.1, 0.15) is 38.2 Å². The topological polar surface area (TPSA) is 12.5 Å².